The molecule has 1 heterocycles. The summed E-state index contributed by atoms with van der Waals surface area (Å²) in [5.41, 5.74) is 8.55. The van der Waals surface area contributed by atoms with Crippen LogP contribution in [0, 0.1) is 52.3 Å². The summed E-state index contributed by atoms with van der Waals surface area (Å²) in [4.78, 5) is 5.34. The molecule has 13 atom stereocenters. The van der Waals surface area contributed by atoms with Gasteiger partial charge in [0.15, 0.2) is 0 Å². The summed E-state index contributed by atoms with van der Waals surface area (Å²) in [6.07, 6.45) is 6.77. The molecule has 0 radical (unpaired) electrons. The Kier molecular flexibility index (Phi) is 16.2. The number of nitrogens with two attached hydrogens (primary N) is 1. The largest absolute Gasteiger partial charge is 0.392 e. The van der Waals surface area contributed by atoms with Crippen molar-refractivity contribution in [2.75, 3.05) is 26.7 Å². The van der Waals surface area contributed by atoms with E-state index in [4.69, 9.17) is 20.2 Å². The van der Waals surface area contributed by atoms with Gasteiger partial charge in [-0.2, -0.15) is 0 Å². The van der Waals surface area contributed by atoms with E-state index in [1.807, 2.05) is 7.11 Å². The number of aliphatic hydroxyl groups excluding tert-OH is 1. The number of nitrogens with one attached hydrogen (secondary N) is 1. The molecular formula is C41H79N3O3. The van der Waals surface area contributed by atoms with E-state index in [0.717, 1.165) is 69.4 Å². The van der Waals surface area contributed by atoms with Gasteiger partial charge in [-0.1, -0.05) is 94.7 Å². The van der Waals surface area contributed by atoms with Gasteiger partial charge in [0.1, 0.15) is 0 Å². The molecule has 1 saturated carbocycles. The molecule has 2 fully saturated rings. The van der Waals surface area contributed by atoms with Crippen LogP contribution < -0.4 is 11.1 Å². The SMILES string of the molecule is C=C(C)C(C)[C@@H](O[C@@H]1CC(C)[C@H](N)[C@](C)(CC)C1)[C@H](C)C[C@@](C)(C[C@@H](C)C(=NCC1CCNC1)C(C)C(O)C(C)(C)[C@H](C)CC)OC. The monoisotopic (exact) mass is 662 g/mol. The van der Waals surface area contributed by atoms with Crippen molar-refractivity contribution in [3.63, 3.8) is 0 Å². The zero-order valence-corrected chi connectivity index (χ0v) is 33.4. The molecule has 0 aromatic rings. The van der Waals surface area contributed by atoms with Crippen LogP contribution in [0.4, 0.5) is 0 Å². The van der Waals surface area contributed by atoms with Gasteiger partial charge in [-0.15, -0.1) is 0 Å². The van der Waals surface area contributed by atoms with E-state index in [-0.39, 0.29) is 58.4 Å². The molecular weight excluding hydrogens is 582 g/mol. The fourth-order valence-electron chi connectivity index (χ4n) is 9.00. The lowest BCUT2D eigenvalue weighted by molar-refractivity contribution is -0.120. The molecule has 1 saturated heterocycles. The summed E-state index contributed by atoms with van der Waals surface area (Å²) in [6.45, 7) is 36.6. The smallest absolute Gasteiger partial charge is 0.0671 e. The zero-order valence-electron chi connectivity index (χ0n) is 33.4. The highest BCUT2D eigenvalue weighted by molar-refractivity contribution is 5.89. The van der Waals surface area contributed by atoms with Crippen molar-refractivity contribution in [2.24, 2.45) is 63.0 Å². The van der Waals surface area contributed by atoms with Crippen molar-refractivity contribution < 1.29 is 14.6 Å². The van der Waals surface area contributed by atoms with Crippen molar-refractivity contribution >= 4 is 5.71 Å². The first kappa shape index (κ1) is 42.4. The van der Waals surface area contributed by atoms with Crippen molar-refractivity contribution in [1.82, 2.24) is 5.32 Å². The average molecular weight is 662 g/mol. The van der Waals surface area contributed by atoms with Gasteiger partial charge in [-0.25, -0.2) is 0 Å². The van der Waals surface area contributed by atoms with Crippen LogP contribution in [0.3, 0.4) is 0 Å². The van der Waals surface area contributed by atoms with Gasteiger partial charge in [0, 0.05) is 37.2 Å². The molecule has 0 bridgehead atoms. The highest BCUT2D eigenvalue weighted by atomic mass is 16.5. The summed E-state index contributed by atoms with van der Waals surface area (Å²) in [7, 11) is 1.86. The average Bonchev–Trinajstić information content (AvgIpc) is 3.54. The number of hydrogen-bond donors (Lipinski definition) is 3. The van der Waals surface area contributed by atoms with E-state index in [2.05, 4.69) is 102 Å². The lowest BCUT2D eigenvalue weighted by Crippen LogP contribution is -2.52. The second-order valence-corrected chi connectivity index (χ2v) is 17.7. The molecule has 0 spiro atoms. The van der Waals surface area contributed by atoms with Crippen molar-refractivity contribution in [1.29, 1.82) is 0 Å². The van der Waals surface area contributed by atoms with Crippen LogP contribution in [0.2, 0.25) is 0 Å². The fourth-order valence-corrected chi connectivity index (χ4v) is 9.00. The van der Waals surface area contributed by atoms with Gasteiger partial charge in [0.2, 0.25) is 0 Å². The topological polar surface area (TPSA) is 89.1 Å². The van der Waals surface area contributed by atoms with Crippen LogP contribution in [0.5, 0.6) is 0 Å². The second-order valence-electron chi connectivity index (χ2n) is 17.7. The summed E-state index contributed by atoms with van der Waals surface area (Å²) in [5.74, 6) is 2.03. The Balaban J connectivity index is 2.33. The molecule has 4 N–H and O–H groups in total. The Morgan fingerprint density at radius 2 is 1.74 bits per heavy atom. The first-order valence-electron chi connectivity index (χ1n) is 19.3. The number of nitrogens with zero attached hydrogens (tertiary/aromatic N) is 1. The standard InChI is InChI=1S/C41H79N3O3/c1-16-30(8)39(11,12)38(45)32(10)35(44-25-33-18-19-43-24-33)28(6)21-41(14,46-15)22-29(7)36(31(9)26(3)4)47-34-20-27(5)37(42)40(13,17-2)23-34/h27-34,36-38,43,45H,3,16-25,42H2,1-2,4-15H3/t27?,28-,29-,30-,31?,32?,33?,34-,36+,37+,38?,40-,41-/m1/s1. The maximum atomic E-state index is 11.8. The summed E-state index contributed by atoms with van der Waals surface area (Å²) < 4.78 is 13.5. The van der Waals surface area contributed by atoms with E-state index in [1.165, 1.54) is 6.42 Å². The molecule has 2 rings (SSSR count). The molecule has 2 aliphatic rings. The number of methoxy groups -OCH3 is 1. The molecule has 0 aromatic heterocycles. The minimum Gasteiger partial charge on any atom is -0.392 e. The van der Waals surface area contributed by atoms with Gasteiger partial charge in [-0.3, -0.25) is 4.99 Å². The molecule has 5 unspecified atom stereocenters. The van der Waals surface area contributed by atoms with Crippen molar-refractivity contribution in [2.45, 2.75) is 165 Å². The normalized spacial score (nSPS) is 31.8. The number of aliphatic imine (C=N–C) groups is 1. The van der Waals surface area contributed by atoms with Crippen LogP contribution in [-0.2, 0) is 9.47 Å². The number of ether oxygens (including phenoxy) is 2. The van der Waals surface area contributed by atoms with Crippen LogP contribution in [-0.4, -0.2) is 67.5 Å². The first-order chi connectivity index (χ1) is 21.8. The Labute approximate surface area is 291 Å². The molecule has 6 heteroatoms. The summed E-state index contributed by atoms with van der Waals surface area (Å²) >= 11 is 0. The highest BCUT2D eigenvalue weighted by Crippen LogP contribution is 2.44. The Hall–Kier alpha value is -0.790. The Morgan fingerprint density at radius 3 is 2.26 bits per heavy atom. The summed E-state index contributed by atoms with van der Waals surface area (Å²) in [5, 5.41) is 15.3. The molecule has 47 heavy (non-hydrogen) atoms. The molecule has 6 nitrogen and oxygen atoms in total. The molecule has 0 amide bonds. The molecule has 1 aliphatic heterocycles. The molecule has 276 valence electrons. The van der Waals surface area contributed by atoms with E-state index in [1.54, 1.807) is 0 Å². The van der Waals surface area contributed by atoms with Gasteiger partial charge >= 0.3 is 0 Å². The third kappa shape index (κ3) is 10.8. The minimum absolute atomic E-state index is 0.0334. The minimum atomic E-state index is -0.470. The van der Waals surface area contributed by atoms with E-state index in [0.29, 0.717) is 17.8 Å². The van der Waals surface area contributed by atoms with E-state index in [9.17, 15) is 5.11 Å². The zero-order chi connectivity index (χ0) is 35.9. The Bertz CT molecular complexity index is 992. The predicted molar refractivity (Wildman–Crippen MR) is 202 cm³/mol. The first-order valence-corrected chi connectivity index (χ1v) is 19.3. The van der Waals surface area contributed by atoms with Crippen LogP contribution in [0.15, 0.2) is 17.1 Å². The number of rotatable bonds is 19. The van der Waals surface area contributed by atoms with Gasteiger partial charge in [0.25, 0.3) is 0 Å². The molecule has 0 aromatic carbocycles. The number of hydrogen-bond acceptors (Lipinski definition) is 6. The van der Waals surface area contributed by atoms with E-state index >= 15 is 0 Å². The van der Waals surface area contributed by atoms with Gasteiger partial charge in [0.05, 0.1) is 23.9 Å². The Morgan fingerprint density at radius 1 is 1.11 bits per heavy atom. The maximum Gasteiger partial charge on any atom is 0.0671 e. The van der Waals surface area contributed by atoms with E-state index < -0.39 is 6.10 Å². The van der Waals surface area contributed by atoms with Crippen LogP contribution >= 0.6 is 0 Å². The summed E-state index contributed by atoms with van der Waals surface area (Å²) in [6, 6.07) is 0.206. The van der Waals surface area contributed by atoms with Crippen molar-refractivity contribution in [3.8, 4) is 0 Å². The quantitative estimate of drug-likeness (QED) is 0.0952. The van der Waals surface area contributed by atoms with Gasteiger partial charge in [-0.05, 0) is 106 Å². The highest BCUT2D eigenvalue weighted by Gasteiger charge is 2.44. The van der Waals surface area contributed by atoms with Gasteiger partial charge < -0.3 is 25.6 Å². The van der Waals surface area contributed by atoms with Crippen LogP contribution in [0.1, 0.15) is 135 Å². The fraction of sp³-hybridized carbons (Fsp3) is 0.927. The van der Waals surface area contributed by atoms with Crippen LogP contribution in [0.25, 0.3) is 0 Å². The second kappa shape index (κ2) is 17.9. The third-order valence-corrected chi connectivity index (χ3v) is 13.5. The number of aliphatic hydroxyl groups is 1. The predicted octanol–water partition coefficient (Wildman–Crippen LogP) is 8.70. The maximum absolute atomic E-state index is 11.8. The molecule has 1 aliphatic carbocycles. The van der Waals surface area contributed by atoms with Crippen molar-refractivity contribution in [3.05, 3.63) is 12.2 Å². The lowest BCUT2D eigenvalue weighted by Gasteiger charge is -2.48. The lowest BCUT2D eigenvalue weighted by atomic mass is 9.65. The third-order valence-electron chi connectivity index (χ3n) is 13.5.